The van der Waals surface area contributed by atoms with Crippen LogP contribution in [-0.4, -0.2) is 41.4 Å². The Labute approximate surface area is 146 Å². The summed E-state index contributed by atoms with van der Waals surface area (Å²) in [6.07, 6.45) is -0.618. The van der Waals surface area contributed by atoms with Crippen LogP contribution in [0.3, 0.4) is 0 Å². The van der Waals surface area contributed by atoms with E-state index in [1.165, 1.54) is 20.7 Å². The lowest BCUT2D eigenvalue weighted by molar-refractivity contribution is 0.162. The molecule has 0 spiro atoms. The summed E-state index contributed by atoms with van der Waals surface area (Å²) in [6, 6.07) is 9.58. The van der Waals surface area contributed by atoms with Gasteiger partial charge in [-0.2, -0.15) is 4.99 Å². The molecule has 0 bridgehead atoms. The Kier molecular flexibility index (Phi) is 6.20. The second kappa shape index (κ2) is 8.14. The van der Waals surface area contributed by atoms with E-state index in [1.54, 1.807) is 16.4 Å². The molecule has 23 heavy (non-hydrogen) atoms. The number of thiocarbonyl (C=S) groups is 1. The highest BCUT2D eigenvalue weighted by molar-refractivity contribution is 7.80. The lowest BCUT2D eigenvalue weighted by Crippen LogP contribution is -2.28. The standard InChI is InChI=1S/C14H16N4O2S3/c1-4-20-14(19)16-13-18(10-8-6-5-7-9-10)12(22-23-13)15-11(21)17(2)3/h5-9H,4H2,1-3H3/b15-12-,16-13+. The van der Waals surface area contributed by atoms with E-state index in [-0.39, 0.29) is 6.61 Å². The Morgan fingerprint density at radius 3 is 2.39 bits per heavy atom. The molecule has 0 aliphatic rings. The lowest BCUT2D eigenvalue weighted by atomic mass is 10.3. The maximum Gasteiger partial charge on any atom is 0.436 e. The molecule has 6 nitrogen and oxygen atoms in total. The van der Waals surface area contributed by atoms with Gasteiger partial charge in [-0.05, 0) is 52.0 Å². The fourth-order valence-corrected chi connectivity index (χ4v) is 3.82. The summed E-state index contributed by atoms with van der Waals surface area (Å²) < 4.78 is 6.69. The highest BCUT2D eigenvalue weighted by atomic mass is 32.9. The zero-order chi connectivity index (χ0) is 16.8. The fourth-order valence-electron chi connectivity index (χ4n) is 1.58. The van der Waals surface area contributed by atoms with E-state index in [2.05, 4.69) is 9.98 Å². The van der Waals surface area contributed by atoms with Gasteiger partial charge in [0.25, 0.3) is 0 Å². The molecule has 0 atom stereocenters. The van der Waals surface area contributed by atoms with Gasteiger partial charge in [0.05, 0.1) is 12.3 Å². The number of para-hydroxylation sites is 1. The number of carbonyl (C=O) groups is 1. The number of benzene rings is 1. The van der Waals surface area contributed by atoms with Gasteiger partial charge in [-0.3, -0.25) is 4.57 Å². The number of hydrogen-bond acceptors (Lipinski definition) is 5. The Hall–Kier alpha value is -1.84. The van der Waals surface area contributed by atoms with Crippen molar-refractivity contribution in [3.05, 3.63) is 39.9 Å². The second-order valence-corrected chi connectivity index (χ2v) is 6.93. The predicted octanol–water partition coefficient (Wildman–Crippen LogP) is 2.40. The topological polar surface area (TPSA) is 59.2 Å². The molecule has 9 heteroatoms. The third kappa shape index (κ3) is 4.57. The van der Waals surface area contributed by atoms with Gasteiger partial charge in [0, 0.05) is 14.1 Å². The first-order chi connectivity index (χ1) is 11.0. The fraction of sp³-hybridized carbons (Fsp3) is 0.286. The molecule has 122 valence electrons. The van der Waals surface area contributed by atoms with E-state index in [4.69, 9.17) is 17.0 Å². The van der Waals surface area contributed by atoms with Crippen LogP contribution in [0.15, 0.2) is 40.3 Å². The van der Waals surface area contributed by atoms with E-state index in [1.807, 2.05) is 44.4 Å². The Morgan fingerprint density at radius 1 is 1.22 bits per heavy atom. The summed E-state index contributed by atoms with van der Waals surface area (Å²) >= 11 is 5.24. The quantitative estimate of drug-likeness (QED) is 0.603. The van der Waals surface area contributed by atoms with Gasteiger partial charge in [-0.15, -0.1) is 4.99 Å². The van der Waals surface area contributed by atoms with Crippen molar-refractivity contribution in [1.82, 2.24) is 9.47 Å². The molecule has 1 aromatic carbocycles. The van der Waals surface area contributed by atoms with Gasteiger partial charge in [0.15, 0.2) is 5.11 Å². The highest BCUT2D eigenvalue weighted by Crippen LogP contribution is 2.05. The van der Waals surface area contributed by atoms with Gasteiger partial charge >= 0.3 is 6.09 Å². The van der Waals surface area contributed by atoms with Crippen LogP contribution < -0.4 is 9.60 Å². The molecule has 2 rings (SSSR count). The van der Waals surface area contributed by atoms with E-state index in [0.29, 0.717) is 14.7 Å². The van der Waals surface area contributed by atoms with Crippen LogP contribution in [0.25, 0.3) is 5.69 Å². The van der Waals surface area contributed by atoms with E-state index >= 15 is 0 Å². The number of ether oxygens (including phenoxy) is 1. The number of rotatable bonds is 2. The van der Waals surface area contributed by atoms with E-state index < -0.39 is 6.09 Å². The zero-order valence-electron chi connectivity index (χ0n) is 12.9. The Bertz CT molecular complexity index is 818. The molecule has 0 saturated heterocycles. The van der Waals surface area contributed by atoms with Crippen molar-refractivity contribution in [3.63, 3.8) is 0 Å². The molecule has 1 amide bonds. The maximum atomic E-state index is 11.7. The van der Waals surface area contributed by atoms with E-state index in [0.717, 1.165) is 5.69 Å². The molecule has 0 N–H and O–H groups in total. The summed E-state index contributed by atoms with van der Waals surface area (Å²) in [5, 5.41) is 0.450. The van der Waals surface area contributed by atoms with Crippen molar-refractivity contribution in [2.24, 2.45) is 9.98 Å². The van der Waals surface area contributed by atoms with Crippen molar-refractivity contribution in [1.29, 1.82) is 0 Å². The average Bonchev–Trinajstić information content (AvgIpc) is 2.90. The van der Waals surface area contributed by atoms with Crippen molar-refractivity contribution in [2.75, 3.05) is 20.7 Å². The Balaban J connectivity index is 2.65. The lowest BCUT2D eigenvalue weighted by Gasteiger charge is -2.08. The average molecular weight is 369 g/mol. The minimum absolute atomic E-state index is 0.282. The van der Waals surface area contributed by atoms with Gasteiger partial charge in [-0.25, -0.2) is 4.79 Å². The number of nitrogens with zero attached hydrogens (tertiary/aromatic N) is 4. The van der Waals surface area contributed by atoms with Crippen molar-refractivity contribution in [2.45, 2.75) is 6.92 Å². The summed E-state index contributed by atoms with van der Waals surface area (Å²) in [7, 11) is 6.41. The van der Waals surface area contributed by atoms with Crippen molar-refractivity contribution in [3.8, 4) is 5.69 Å². The van der Waals surface area contributed by atoms with Crippen molar-refractivity contribution < 1.29 is 9.53 Å². The largest absolute Gasteiger partial charge is 0.448 e. The third-order valence-corrected chi connectivity index (χ3v) is 5.15. The molecule has 0 aliphatic carbocycles. The van der Waals surface area contributed by atoms with Crippen LogP contribution in [0.5, 0.6) is 0 Å². The Morgan fingerprint density at radius 2 is 1.83 bits per heavy atom. The number of carbonyl (C=O) groups excluding carboxylic acids is 1. The number of hydrogen-bond donors (Lipinski definition) is 0. The SMILES string of the molecule is CCOC(=O)/N=c1/ss/c(=N\C(=S)N(C)C)n1-c1ccccc1. The highest BCUT2D eigenvalue weighted by Gasteiger charge is 2.08. The smallest absolute Gasteiger partial charge is 0.436 e. The summed E-state index contributed by atoms with van der Waals surface area (Å²) in [4.78, 5) is 23.0. The maximum absolute atomic E-state index is 11.7. The summed E-state index contributed by atoms with van der Waals surface area (Å²) in [5.74, 6) is 0. The number of aromatic nitrogens is 1. The molecule has 0 radical (unpaired) electrons. The van der Waals surface area contributed by atoms with Crippen LogP contribution in [0, 0.1) is 0 Å². The van der Waals surface area contributed by atoms with Crippen LogP contribution in [-0.2, 0) is 4.74 Å². The molecule has 0 saturated carbocycles. The predicted molar refractivity (Wildman–Crippen MR) is 96.0 cm³/mol. The molecule has 1 aromatic heterocycles. The monoisotopic (exact) mass is 368 g/mol. The van der Waals surface area contributed by atoms with Crippen LogP contribution >= 0.6 is 32.9 Å². The molecular weight excluding hydrogens is 352 g/mol. The first-order valence-corrected chi connectivity index (χ1v) is 9.34. The normalized spacial score (nSPS) is 12.3. The van der Waals surface area contributed by atoms with Gasteiger partial charge in [-0.1, -0.05) is 18.2 Å². The van der Waals surface area contributed by atoms with Crippen LogP contribution in [0.4, 0.5) is 4.79 Å². The van der Waals surface area contributed by atoms with Crippen molar-refractivity contribution >= 4 is 44.1 Å². The van der Waals surface area contributed by atoms with E-state index in [9.17, 15) is 4.79 Å². The minimum atomic E-state index is -0.618. The zero-order valence-corrected chi connectivity index (χ0v) is 15.4. The van der Waals surface area contributed by atoms with Gasteiger partial charge in [0.2, 0.25) is 9.60 Å². The molecule has 1 heterocycles. The first kappa shape index (κ1) is 17.5. The molecular formula is C14H16N4O2S3. The molecule has 0 aliphatic heterocycles. The van der Waals surface area contributed by atoms with Crippen LogP contribution in [0.1, 0.15) is 6.92 Å². The minimum Gasteiger partial charge on any atom is -0.448 e. The van der Waals surface area contributed by atoms with Gasteiger partial charge in [0.1, 0.15) is 0 Å². The molecule has 0 fully saturated rings. The third-order valence-electron chi connectivity index (χ3n) is 2.62. The molecule has 0 unspecified atom stereocenters. The van der Waals surface area contributed by atoms with Crippen LogP contribution in [0.2, 0.25) is 0 Å². The first-order valence-electron chi connectivity index (χ1n) is 6.78. The summed E-state index contributed by atoms with van der Waals surface area (Å²) in [6.45, 7) is 2.02. The molecule has 2 aromatic rings. The van der Waals surface area contributed by atoms with Gasteiger partial charge < -0.3 is 9.64 Å². The second-order valence-electron chi connectivity index (χ2n) is 4.50. The number of amides is 1. The summed E-state index contributed by atoms with van der Waals surface area (Å²) in [5.41, 5.74) is 0.855.